The molecule has 0 atom stereocenters. The van der Waals surface area contributed by atoms with Crippen LogP contribution in [0.4, 0.5) is 0 Å². The second-order valence-corrected chi connectivity index (χ2v) is 2.71. The Morgan fingerprint density at radius 3 is 1.60 bits per heavy atom. The molecule has 0 aliphatic heterocycles. The molecule has 114 valence electrons. The van der Waals surface area contributed by atoms with Gasteiger partial charge in [0, 0.05) is 0 Å². The predicted molar refractivity (Wildman–Crippen MR) is 94.0 cm³/mol. The quantitative estimate of drug-likeness (QED) is 0.701. The first-order valence-electron chi connectivity index (χ1n) is 7.35. The van der Waals surface area contributed by atoms with Gasteiger partial charge in [-0.15, -0.1) is 5.52 Å². The number of fused-ring (bicyclic) bond motifs is 1. The van der Waals surface area contributed by atoms with Gasteiger partial charge in [0.2, 0.25) is 0 Å². The molecule has 0 aliphatic carbocycles. The summed E-state index contributed by atoms with van der Waals surface area (Å²) >= 11 is 0. The summed E-state index contributed by atoms with van der Waals surface area (Å²) in [5.41, 5.74) is 1.08. The number of benzene rings is 1. The van der Waals surface area contributed by atoms with Crippen LogP contribution in [0.1, 0.15) is 69.2 Å². The van der Waals surface area contributed by atoms with Gasteiger partial charge < -0.3 is 4.98 Å². The number of para-hydroxylation sites is 1. The second kappa shape index (κ2) is 31.8. The van der Waals surface area contributed by atoms with Gasteiger partial charge in [-0.25, -0.2) is 0 Å². The SMILES string of the molecule is C.CC.CC.CC.CCC.[Rb+].c1ccc2[n-]ccc2c1. The van der Waals surface area contributed by atoms with Gasteiger partial charge in [-0.05, 0) is 5.39 Å². The van der Waals surface area contributed by atoms with Crippen LogP contribution in [0.5, 0.6) is 0 Å². The van der Waals surface area contributed by atoms with E-state index < -0.39 is 0 Å². The molecule has 2 aromatic rings. The Labute approximate surface area is 177 Å². The van der Waals surface area contributed by atoms with Gasteiger partial charge in [0.1, 0.15) is 0 Å². The number of aromatic nitrogens is 1. The molecule has 0 unspecified atom stereocenters. The first-order valence-corrected chi connectivity index (χ1v) is 7.35. The van der Waals surface area contributed by atoms with Gasteiger partial charge in [-0.2, -0.15) is 6.20 Å². The fourth-order valence-electron chi connectivity index (χ4n) is 0.944. The van der Waals surface area contributed by atoms with Gasteiger partial charge in [-0.1, -0.05) is 99.6 Å². The second-order valence-electron chi connectivity index (χ2n) is 2.71. The minimum Gasteiger partial charge on any atom is -0.664 e. The minimum atomic E-state index is 0. The molecule has 0 N–H and O–H groups in total. The zero-order valence-electron chi connectivity index (χ0n) is 14.6. The molecule has 2 heteroatoms. The zero-order chi connectivity index (χ0) is 14.8. The van der Waals surface area contributed by atoms with E-state index in [2.05, 4.69) is 24.9 Å². The van der Waals surface area contributed by atoms with Crippen molar-refractivity contribution in [3.63, 3.8) is 0 Å². The molecule has 0 saturated carbocycles. The van der Waals surface area contributed by atoms with Gasteiger partial charge >= 0.3 is 58.2 Å². The first-order chi connectivity index (χ1) is 8.88. The summed E-state index contributed by atoms with van der Waals surface area (Å²) in [6.07, 6.45) is 3.07. The van der Waals surface area contributed by atoms with Gasteiger partial charge in [0.05, 0.1) is 0 Å². The van der Waals surface area contributed by atoms with Crippen molar-refractivity contribution >= 4 is 10.9 Å². The summed E-state index contributed by atoms with van der Waals surface area (Å²) in [5, 5.41) is 1.22. The molecule has 0 radical (unpaired) electrons. The minimum absolute atomic E-state index is 0. The first kappa shape index (κ1) is 32.5. The van der Waals surface area contributed by atoms with Crippen LogP contribution in [-0.4, -0.2) is 0 Å². The Morgan fingerprint density at radius 1 is 0.800 bits per heavy atom. The Hall–Kier alpha value is 0.565. The van der Waals surface area contributed by atoms with E-state index in [4.69, 9.17) is 0 Å². The summed E-state index contributed by atoms with van der Waals surface area (Å²) in [6, 6.07) is 10.1. The van der Waals surface area contributed by atoms with Crippen LogP contribution < -0.4 is 63.2 Å². The van der Waals surface area contributed by atoms with E-state index >= 15 is 0 Å². The van der Waals surface area contributed by atoms with Gasteiger partial charge in [-0.3, -0.25) is 0 Å². The van der Waals surface area contributed by atoms with Crippen LogP contribution in [0.2, 0.25) is 0 Å². The van der Waals surface area contributed by atoms with Crippen molar-refractivity contribution in [1.82, 2.24) is 4.98 Å². The normalized spacial score (nSPS) is 6.40. The molecule has 1 aromatic carbocycles. The third kappa shape index (κ3) is 18.6. The molecule has 0 aliphatic rings. The third-order valence-electron chi connectivity index (χ3n) is 1.40. The maximum atomic E-state index is 4.12. The fraction of sp³-hybridized carbons (Fsp3) is 0.556. The Morgan fingerprint density at radius 2 is 1.20 bits per heavy atom. The van der Waals surface area contributed by atoms with Crippen molar-refractivity contribution in [2.75, 3.05) is 0 Å². The molecule has 0 amide bonds. The summed E-state index contributed by atoms with van der Waals surface area (Å²) in [5.74, 6) is 0. The molecule has 0 spiro atoms. The molecule has 1 aromatic heterocycles. The molecule has 0 fully saturated rings. The molecule has 1 nitrogen and oxygen atoms in total. The van der Waals surface area contributed by atoms with Gasteiger partial charge in [0.15, 0.2) is 0 Å². The topological polar surface area (TPSA) is 14.1 Å². The molecule has 2 rings (SSSR count). The van der Waals surface area contributed by atoms with Crippen LogP contribution in [-0.2, 0) is 0 Å². The molecule has 1 heterocycles. The monoisotopic (exact) mass is 351 g/mol. The molecule has 0 saturated heterocycles. The average Bonchev–Trinajstić information content (AvgIpc) is 2.95. The Bertz CT molecular complexity index is 298. The van der Waals surface area contributed by atoms with Crippen molar-refractivity contribution in [2.24, 2.45) is 0 Å². The van der Waals surface area contributed by atoms with Crippen LogP contribution in [0.3, 0.4) is 0 Å². The molecule has 20 heavy (non-hydrogen) atoms. The van der Waals surface area contributed by atoms with Crippen LogP contribution in [0, 0.1) is 0 Å². The zero-order valence-corrected chi connectivity index (χ0v) is 19.5. The maximum absolute atomic E-state index is 4.12. The van der Waals surface area contributed by atoms with Crippen LogP contribution in [0.15, 0.2) is 36.5 Å². The Balaban J connectivity index is -0.0000000597. The average molecular weight is 352 g/mol. The van der Waals surface area contributed by atoms with E-state index in [1.54, 1.807) is 0 Å². The van der Waals surface area contributed by atoms with E-state index in [-0.39, 0.29) is 65.6 Å². The van der Waals surface area contributed by atoms with Crippen molar-refractivity contribution in [3.8, 4) is 0 Å². The molecular weight excluding hydrogens is 316 g/mol. The van der Waals surface area contributed by atoms with Crippen molar-refractivity contribution in [3.05, 3.63) is 36.5 Å². The maximum Gasteiger partial charge on any atom is 1.00 e. The smallest absolute Gasteiger partial charge is 0.664 e. The van der Waals surface area contributed by atoms with E-state index in [9.17, 15) is 0 Å². The fourth-order valence-corrected chi connectivity index (χ4v) is 0.944. The van der Waals surface area contributed by atoms with Crippen LogP contribution in [0.25, 0.3) is 10.9 Å². The molecule has 0 bridgehead atoms. The van der Waals surface area contributed by atoms with Crippen molar-refractivity contribution in [2.45, 2.75) is 69.2 Å². The van der Waals surface area contributed by atoms with E-state index in [1.807, 2.05) is 72.0 Å². The summed E-state index contributed by atoms with van der Waals surface area (Å²) in [6.45, 7) is 16.2. The Kier molecular flexibility index (Phi) is 51.6. The van der Waals surface area contributed by atoms with Crippen molar-refractivity contribution < 1.29 is 58.2 Å². The number of rotatable bonds is 0. The predicted octanol–water partition coefficient (Wildman–Crippen LogP) is 3.93. The molecular formula is C18H36NRb. The summed E-state index contributed by atoms with van der Waals surface area (Å²) in [4.78, 5) is 4.12. The standard InChI is InChI=1S/C8H6N.C3H8.3C2H6.CH4.Rb/c1-2-4-8-7(3-1)5-6-9-8;1-3-2;3*1-2;;/h1-6H;3H2,1-2H3;3*1-2H3;1H4;/q-1;;;;;;+1. The van der Waals surface area contributed by atoms with E-state index in [1.165, 1.54) is 11.8 Å². The number of hydrogen-bond donors (Lipinski definition) is 0. The largest absolute Gasteiger partial charge is 1.00 e. The van der Waals surface area contributed by atoms with Crippen LogP contribution >= 0.6 is 0 Å². The third-order valence-corrected chi connectivity index (χ3v) is 1.40. The summed E-state index contributed by atoms with van der Waals surface area (Å²) in [7, 11) is 0. The number of hydrogen-bond acceptors (Lipinski definition) is 0. The summed E-state index contributed by atoms with van der Waals surface area (Å²) < 4.78 is 0. The van der Waals surface area contributed by atoms with E-state index in [0.717, 1.165) is 5.52 Å². The number of nitrogens with zero attached hydrogens (tertiary/aromatic N) is 1. The van der Waals surface area contributed by atoms with Crippen molar-refractivity contribution in [1.29, 1.82) is 0 Å². The van der Waals surface area contributed by atoms with E-state index in [0.29, 0.717) is 0 Å². The van der Waals surface area contributed by atoms with Gasteiger partial charge in [0.25, 0.3) is 0 Å².